The molecule has 0 unspecified atom stereocenters. The van der Waals surface area contributed by atoms with E-state index in [-0.39, 0.29) is 19.0 Å². The van der Waals surface area contributed by atoms with Crippen LogP contribution in [0.3, 0.4) is 0 Å². The van der Waals surface area contributed by atoms with Crippen LogP contribution in [0.5, 0.6) is 0 Å². The van der Waals surface area contributed by atoms with Crippen LogP contribution in [-0.2, 0) is 26.7 Å². The summed E-state index contributed by atoms with van der Waals surface area (Å²) in [7, 11) is -4.46. The van der Waals surface area contributed by atoms with E-state index in [1.165, 1.54) is 49.7 Å². The van der Waals surface area contributed by atoms with E-state index in [4.69, 9.17) is 9.79 Å². The van der Waals surface area contributed by atoms with Crippen molar-refractivity contribution in [2.45, 2.75) is 83.7 Å². The number of phosphoric acid groups is 1. The number of phosphoric ester groups is 1. The zero-order valence-electron chi connectivity index (χ0n) is 17.6. The lowest BCUT2D eigenvalue weighted by Gasteiger charge is -2.38. The van der Waals surface area contributed by atoms with E-state index in [1.54, 1.807) is 4.90 Å². The first-order valence-electron chi connectivity index (χ1n) is 11.0. The summed E-state index contributed by atoms with van der Waals surface area (Å²) in [6.45, 7) is 2.78. The van der Waals surface area contributed by atoms with Crippen LogP contribution in [0.1, 0.15) is 75.8 Å². The molecular weight excluding hydrogens is 389 g/mol. The van der Waals surface area contributed by atoms with E-state index in [2.05, 4.69) is 35.7 Å². The number of rotatable bonds is 14. The van der Waals surface area contributed by atoms with Gasteiger partial charge >= 0.3 is 7.82 Å². The van der Waals surface area contributed by atoms with Gasteiger partial charge in [-0.05, 0) is 43.2 Å². The standard InChI is InChI=1S/C22H36NO5P/c1-2-3-4-5-6-7-11-19-13-10-14-20(16-19)12-8-9-15-22(24)23-17-21(18-23)28-29(25,26)27/h10,13-14,16,21H,2-9,11-12,15,17-18H2,1H3,(H2,25,26,27). The van der Waals surface area contributed by atoms with Crippen molar-refractivity contribution in [1.29, 1.82) is 0 Å². The number of hydrogen-bond acceptors (Lipinski definition) is 3. The molecule has 1 aromatic carbocycles. The third-order valence-electron chi connectivity index (χ3n) is 5.40. The average Bonchev–Trinajstić information content (AvgIpc) is 2.64. The SMILES string of the molecule is CCCCCCCCc1cccc(CCCCC(=O)N2CC(OP(=O)(O)O)C2)c1. The van der Waals surface area contributed by atoms with Crippen molar-refractivity contribution >= 4 is 13.7 Å². The fraction of sp³-hybridized carbons (Fsp3) is 0.682. The number of aryl methyl sites for hydroxylation is 2. The van der Waals surface area contributed by atoms with E-state index < -0.39 is 13.9 Å². The maximum absolute atomic E-state index is 12.1. The van der Waals surface area contributed by atoms with Crippen molar-refractivity contribution in [3.05, 3.63) is 35.4 Å². The van der Waals surface area contributed by atoms with E-state index in [0.717, 1.165) is 25.7 Å². The second kappa shape index (κ2) is 12.5. The van der Waals surface area contributed by atoms with Crippen molar-refractivity contribution < 1.29 is 23.7 Å². The third-order valence-corrected chi connectivity index (χ3v) is 5.98. The second-order valence-electron chi connectivity index (χ2n) is 8.06. The molecule has 1 aliphatic heterocycles. The van der Waals surface area contributed by atoms with Gasteiger partial charge in [-0.15, -0.1) is 0 Å². The topological polar surface area (TPSA) is 87.1 Å². The molecule has 0 saturated carbocycles. The molecule has 0 spiro atoms. The predicted molar refractivity (Wildman–Crippen MR) is 115 cm³/mol. The highest BCUT2D eigenvalue weighted by molar-refractivity contribution is 7.46. The maximum atomic E-state index is 12.1. The molecule has 164 valence electrons. The first-order chi connectivity index (χ1) is 13.9. The van der Waals surface area contributed by atoms with Gasteiger partial charge in [-0.3, -0.25) is 9.32 Å². The fourth-order valence-corrected chi connectivity index (χ4v) is 4.24. The van der Waals surface area contributed by atoms with Gasteiger partial charge in [0.1, 0.15) is 6.10 Å². The lowest BCUT2D eigenvalue weighted by molar-refractivity contribution is -0.140. The lowest BCUT2D eigenvalue weighted by Crippen LogP contribution is -2.54. The molecule has 29 heavy (non-hydrogen) atoms. The molecular formula is C22H36NO5P. The Morgan fingerprint density at radius 1 is 1.03 bits per heavy atom. The Morgan fingerprint density at radius 3 is 2.24 bits per heavy atom. The molecule has 1 heterocycles. The Balaban J connectivity index is 1.57. The third kappa shape index (κ3) is 9.90. The van der Waals surface area contributed by atoms with Crippen molar-refractivity contribution in [3.8, 4) is 0 Å². The Labute approximate surface area is 174 Å². The Kier molecular flexibility index (Phi) is 10.4. The molecule has 1 aromatic rings. The van der Waals surface area contributed by atoms with Crippen LogP contribution in [0.25, 0.3) is 0 Å². The van der Waals surface area contributed by atoms with Crippen LogP contribution < -0.4 is 0 Å². The summed E-state index contributed by atoms with van der Waals surface area (Å²) in [6.07, 6.45) is 11.7. The number of amides is 1. The normalized spacial score (nSPS) is 14.8. The van der Waals surface area contributed by atoms with Crippen LogP contribution in [0.4, 0.5) is 0 Å². The van der Waals surface area contributed by atoms with Crippen LogP contribution in [-0.4, -0.2) is 39.8 Å². The minimum absolute atomic E-state index is 0.0346. The smallest absolute Gasteiger partial charge is 0.337 e. The maximum Gasteiger partial charge on any atom is 0.469 e. The van der Waals surface area contributed by atoms with Crippen LogP contribution in [0.2, 0.25) is 0 Å². The summed E-state index contributed by atoms with van der Waals surface area (Å²) in [5.41, 5.74) is 2.74. The molecule has 1 saturated heterocycles. The Morgan fingerprint density at radius 2 is 1.62 bits per heavy atom. The minimum Gasteiger partial charge on any atom is -0.337 e. The molecule has 0 bridgehead atoms. The highest BCUT2D eigenvalue weighted by Crippen LogP contribution is 2.39. The Hall–Kier alpha value is -1.20. The molecule has 0 atom stereocenters. The minimum atomic E-state index is -4.46. The second-order valence-corrected chi connectivity index (χ2v) is 9.25. The summed E-state index contributed by atoms with van der Waals surface area (Å²) in [6, 6.07) is 8.80. The summed E-state index contributed by atoms with van der Waals surface area (Å²) in [4.78, 5) is 31.2. The van der Waals surface area contributed by atoms with Crippen LogP contribution in [0.15, 0.2) is 24.3 Å². The number of carbonyl (C=O) groups excluding carboxylic acids is 1. The van der Waals surface area contributed by atoms with Gasteiger partial charge in [0.2, 0.25) is 5.91 Å². The van der Waals surface area contributed by atoms with Crippen molar-refractivity contribution in [2.24, 2.45) is 0 Å². The number of likely N-dealkylation sites (tertiary alicyclic amines) is 1. The largest absolute Gasteiger partial charge is 0.469 e. The van der Waals surface area contributed by atoms with Gasteiger partial charge in [-0.25, -0.2) is 4.57 Å². The van der Waals surface area contributed by atoms with E-state index >= 15 is 0 Å². The Bertz CT molecular complexity index is 669. The number of carbonyl (C=O) groups is 1. The molecule has 6 nitrogen and oxygen atoms in total. The van der Waals surface area contributed by atoms with Gasteiger partial charge in [0.15, 0.2) is 0 Å². The average molecular weight is 426 g/mol. The van der Waals surface area contributed by atoms with Gasteiger partial charge in [-0.2, -0.15) is 0 Å². The molecule has 0 radical (unpaired) electrons. The zero-order chi connectivity index (χ0) is 21.1. The molecule has 1 fully saturated rings. The quantitative estimate of drug-likeness (QED) is 0.335. The van der Waals surface area contributed by atoms with Gasteiger partial charge in [0, 0.05) is 19.5 Å². The molecule has 1 aliphatic rings. The molecule has 1 amide bonds. The summed E-state index contributed by atoms with van der Waals surface area (Å²) < 4.78 is 15.3. The molecule has 7 heteroatoms. The van der Waals surface area contributed by atoms with Crippen molar-refractivity contribution in [1.82, 2.24) is 4.90 Å². The van der Waals surface area contributed by atoms with Gasteiger partial charge < -0.3 is 14.7 Å². The van der Waals surface area contributed by atoms with Crippen molar-refractivity contribution in [3.63, 3.8) is 0 Å². The summed E-state index contributed by atoms with van der Waals surface area (Å²) >= 11 is 0. The molecule has 0 aliphatic carbocycles. The first kappa shape index (κ1) is 24.1. The number of benzene rings is 1. The fourth-order valence-electron chi connectivity index (χ4n) is 3.72. The summed E-state index contributed by atoms with van der Waals surface area (Å²) in [5, 5.41) is 0. The zero-order valence-corrected chi connectivity index (χ0v) is 18.5. The monoisotopic (exact) mass is 425 g/mol. The number of hydrogen-bond donors (Lipinski definition) is 2. The van der Waals surface area contributed by atoms with E-state index in [0.29, 0.717) is 6.42 Å². The lowest BCUT2D eigenvalue weighted by atomic mass is 10.0. The van der Waals surface area contributed by atoms with Crippen LogP contribution in [0, 0.1) is 0 Å². The van der Waals surface area contributed by atoms with Gasteiger partial charge in [-0.1, -0.05) is 63.3 Å². The van der Waals surface area contributed by atoms with Gasteiger partial charge in [0.25, 0.3) is 0 Å². The number of nitrogens with zero attached hydrogens (tertiary/aromatic N) is 1. The highest BCUT2D eigenvalue weighted by Gasteiger charge is 2.35. The number of unbranched alkanes of at least 4 members (excludes halogenated alkanes) is 6. The first-order valence-corrected chi connectivity index (χ1v) is 12.5. The summed E-state index contributed by atoms with van der Waals surface area (Å²) in [5.74, 6) is 0.0346. The van der Waals surface area contributed by atoms with Crippen molar-refractivity contribution in [2.75, 3.05) is 13.1 Å². The van der Waals surface area contributed by atoms with E-state index in [1.807, 2.05) is 0 Å². The van der Waals surface area contributed by atoms with Crippen LogP contribution >= 0.6 is 7.82 Å². The molecule has 2 rings (SSSR count). The molecule has 2 N–H and O–H groups in total. The van der Waals surface area contributed by atoms with E-state index in [9.17, 15) is 9.36 Å². The predicted octanol–water partition coefficient (Wildman–Crippen LogP) is 4.62. The highest BCUT2D eigenvalue weighted by atomic mass is 31.2. The molecule has 0 aromatic heterocycles. The van der Waals surface area contributed by atoms with Gasteiger partial charge in [0.05, 0.1) is 0 Å².